The molecule has 0 N–H and O–H groups in total. The van der Waals surface area contributed by atoms with Crippen LogP contribution in [0.1, 0.15) is 44.9 Å². The monoisotopic (exact) mass is 236 g/mol. The zero-order valence-corrected chi connectivity index (χ0v) is 11.4. The second-order valence-electron chi connectivity index (χ2n) is 6.91. The van der Waals surface area contributed by atoms with Crippen LogP contribution in [0.2, 0.25) is 11.6 Å². The van der Waals surface area contributed by atoms with Gasteiger partial charge in [-0.15, -0.1) is 0 Å². The normalized spacial score (nSPS) is 55.5. The van der Waals surface area contributed by atoms with Gasteiger partial charge in [0.25, 0.3) is 0 Å². The molecule has 4 saturated carbocycles. The molecule has 0 radical (unpaired) electrons. The number of rotatable bonds is 1. The molecule has 1 saturated heterocycles. The van der Waals surface area contributed by atoms with Crippen LogP contribution in [0, 0.1) is 23.7 Å². The lowest BCUT2D eigenvalue weighted by Crippen LogP contribution is -2.48. The van der Waals surface area contributed by atoms with Crippen molar-refractivity contribution >= 4 is 9.04 Å². The standard InChI is InChI=1S/C14H24OSi/c1-2-4-16(15-3-1)14-12-6-10-5-11(8-12)9-13(14)7-10/h10-14,16H,1-9H2. The quantitative estimate of drug-likeness (QED) is 0.635. The smallest absolute Gasteiger partial charge is 0.180 e. The maximum absolute atomic E-state index is 6.24. The molecule has 1 nitrogen and oxygen atoms in total. The van der Waals surface area contributed by atoms with Crippen molar-refractivity contribution in [1.29, 1.82) is 0 Å². The van der Waals surface area contributed by atoms with E-state index in [-0.39, 0.29) is 0 Å². The summed E-state index contributed by atoms with van der Waals surface area (Å²) in [5.41, 5.74) is 1.10. The van der Waals surface area contributed by atoms with Crippen molar-refractivity contribution in [3.8, 4) is 0 Å². The minimum Gasteiger partial charge on any atom is -0.420 e. The Morgan fingerprint density at radius 3 is 2.06 bits per heavy atom. The van der Waals surface area contributed by atoms with Crippen molar-refractivity contribution in [1.82, 2.24) is 0 Å². The molecule has 5 aliphatic rings. The van der Waals surface area contributed by atoms with Gasteiger partial charge in [-0.3, -0.25) is 0 Å². The highest BCUT2D eigenvalue weighted by atomic mass is 28.3. The van der Waals surface area contributed by atoms with Gasteiger partial charge in [0.05, 0.1) is 0 Å². The molecular formula is C14H24OSi. The topological polar surface area (TPSA) is 9.23 Å². The van der Waals surface area contributed by atoms with Crippen LogP contribution in [0.4, 0.5) is 0 Å². The fourth-order valence-electron chi connectivity index (χ4n) is 5.64. The Kier molecular flexibility index (Phi) is 2.43. The summed E-state index contributed by atoms with van der Waals surface area (Å²) in [7, 11) is -0.796. The third-order valence-corrected chi connectivity index (χ3v) is 9.53. The molecule has 1 unspecified atom stereocenters. The van der Waals surface area contributed by atoms with E-state index in [2.05, 4.69) is 0 Å². The van der Waals surface area contributed by atoms with Gasteiger partial charge in [0.2, 0.25) is 0 Å². The van der Waals surface area contributed by atoms with Crippen molar-refractivity contribution in [2.45, 2.75) is 56.5 Å². The van der Waals surface area contributed by atoms with E-state index < -0.39 is 9.04 Å². The van der Waals surface area contributed by atoms with E-state index in [1.165, 1.54) is 18.9 Å². The molecule has 0 spiro atoms. The molecule has 90 valence electrons. The lowest BCUT2D eigenvalue weighted by atomic mass is 9.56. The van der Waals surface area contributed by atoms with Crippen LogP contribution in [0.15, 0.2) is 0 Å². The summed E-state index contributed by atoms with van der Waals surface area (Å²) in [5.74, 6) is 4.50. The maximum atomic E-state index is 6.24. The summed E-state index contributed by atoms with van der Waals surface area (Å²) >= 11 is 0. The minimum atomic E-state index is -0.796. The van der Waals surface area contributed by atoms with Crippen molar-refractivity contribution in [3.05, 3.63) is 0 Å². The summed E-state index contributed by atoms with van der Waals surface area (Å²) in [4.78, 5) is 0. The van der Waals surface area contributed by atoms with Gasteiger partial charge in [0.1, 0.15) is 0 Å². The molecule has 2 heteroatoms. The Bertz CT molecular complexity index is 241. The first-order valence-electron chi connectivity index (χ1n) is 7.52. The number of hydrogen-bond acceptors (Lipinski definition) is 1. The van der Waals surface area contributed by atoms with Crippen LogP contribution in [-0.2, 0) is 4.43 Å². The molecule has 0 aromatic carbocycles. The van der Waals surface area contributed by atoms with Gasteiger partial charge in [-0.05, 0) is 73.8 Å². The summed E-state index contributed by atoms with van der Waals surface area (Å²) in [5, 5.41) is 0. The Balaban J connectivity index is 1.55. The Morgan fingerprint density at radius 2 is 1.50 bits per heavy atom. The zero-order valence-electron chi connectivity index (χ0n) is 10.2. The molecule has 5 fully saturated rings. The van der Waals surface area contributed by atoms with Crippen molar-refractivity contribution < 1.29 is 4.43 Å². The van der Waals surface area contributed by atoms with Crippen molar-refractivity contribution in [2.24, 2.45) is 23.7 Å². The van der Waals surface area contributed by atoms with E-state index in [0.717, 1.165) is 35.8 Å². The van der Waals surface area contributed by atoms with Gasteiger partial charge in [-0.25, -0.2) is 0 Å². The Hall–Kier alpha value is 0.177. The molecule has 1 heterocycles. The second-order valence-corrected chi connectivity index (χ2v) is 9.67. The summed E-state index contributed by atoms with van der Waals surface area (Å²) < 4.78 is 6.24. The highest BCUT2D eigenvalue weighted by Crippen LogP contribution is 2.60. The van der Waals surface area contributed by atoms with Crippen LogP contribution >= 0.6 is 0 Å². The van der Waals surface area contributed by atoms with Gasteiger partial charge < -0.3 is 4.43 Å². The van der Waals surface area contributed by atoms with Gasteiger partial charge in [-0.1, -0.05) is 6.42 Å². The van der Waals surface area contributed by atoms with E-state index in [1.54, 1.807) is 32.1 Å². The third kappa shape index (κ3) is 1.52. The van der Waals surface area contributed by atoms with Gasteiger partial charge >= 0.3 is 0 Å². The summed E-state index contributed by atoms with van der Waals surface area (Å²) in [6.07, 6.45) is 10.8. The Labute approximate surface area is 101 Å². The third-order valence-electron chi connectivity index (χ3n) is 5.94. The molecule has 5 rings (SSSR count). The average Bonchev–Trinajstić information content (AvgIpc) is 2.29. The predicted molar refractivity (Wildman–Crippen MR) is 67.9 cm³/mol. The highest BCUT2D eigenvalue weighted by molar-refractivity contribution is 6.54. The molecule has 16 heavy (non-hydrogen) atoms. The molecular weight excluding hydrogens is 212 g/mol. The first kappa shape index (κ1) is 10.1. The first-order valence-corrected chi connectivity index (χ1v) is 9.47. The van der Waals surface area contributed by atoms with Crippen LogP contribution in [-0.4, -0.2) is 15.6 Å². The molecule has 0 amide bonds. The molecule has 1 aliphatic heterocycles. The van der Waals surface area contributed by atoms with E-state index >= 15 is 0 Å². The van der Waals surface area contributed by atoms with Crippen molar-refractivity contribution in [2.75, 3.05) is 6.61 Å². The van der Waals surface area contributed by atoms with Crippen LogP contribution in [0.25, 0.3) is 0 Å². The fourth-order valence-corrected chi connectivity index (χ4v) is 9.42. The van der Waals surface area contributed by atoms with E-state index in [0.29, 0.717) is 0 Å². The van der Waals surface area contributed by atoms with Crippen LogP contribution in [0.5, 0.6) is 0 Å². The summed E-state index contributed by atoms with van der Waals surface area (Å²) in [6.45, 7) is 1.11. The lowest BCUT2D eigenvalue weighted by molar-refractivity contribution is 0.0121. The zero-order chi connectivity index (χ0) is 10.5. The predicted octanol–water partition coefficient (Wildman–Crippen LogP) is 3.35. The van der Waals surface area contributed by atoms with Gasteiger partial charge in [0, 0.05) is 6.61 Å². The van der Waals surface area contributed by atoms with Gasteiger partial charge in [-0.2, -0.15) is 0 Å². The Morgan fingerprint density at radius 1 is 0.812 bits per heavy atom. The van der Waals surface area contributed by atoms with E-state index in [4.69, 9.17) is 4.43 Å². The summed E-state index contributed by atoms with van der Waals surface area (Å²) in [6, 6.07) is 1.51. The molecule has 0 aromatic heterocycles. The highest BCUT2D eigenvalue weighted by Gasteiger charge is 2.51. The average molecular weight is 236 g/mol. The SMILES string of the molecule is C1CC[SiH](C2C3CC4CC(C3)CC2C4)OC1. The molecule has 0 aromatic rings. The van der Waals surface area contributed by atoms with Crippen LogP contribution in [0.3, 0.4) is 0 Å². The fraction of sp³-hybridized carbons (Fsp3) is 1.00. The second kappa shape index (κ2) is 3.84. The molecule has 4 bridgehead atoms. The van der Waals surface area contributed by atoms with E-state index in [9.17, 15) is 0 Å². The van der Waals surface area contributed by atoms with Crippen LogP contribution < -0.4 is 0 Å². The van der Waals surface area contributed by atoms with E-state index in [1.807, 2.05) is 0 Å². The number of hydrogen-bond donors (Lipinski definition) is 0. The largest absolute Gasteiger partial charge is 0.420 e. The molecule has 4 aliphatic carbocycles. The van der Waals surface area contributed by atoms with Gasteiger partial charge in [0.15, 0.2) is 9.04 Å². The first-order chi connectivity index (χ1) is 7.90. The minimum absolute atomic E-state index is 0.796. The van der Waals surface area contributed by atoms with Crippen molar-refractivity contribution in [3.63, 3.8) is 0 Å². The molecule has 1 atom stereocenters. The lowest BCUT2D eigenvalue weighted by Gasteiger charge is -2.56. The maximum Gasteiger partial charge on any atom is 0.180 e.